The lowest BCUT2D eigenvalue weighted by Gasteiger charge is -2.07. The smallest absolute Gasteiger partial charge is 0.493 e. The Hall–Kier alpha value is -2.50. The summed E-state index contributed by atoms with van der Waals surface area (Å²) < 4.78 is 14.0. The van der Waals surface area contributed by atoms with E-state index in [2.05, 4.69) is 4.74 Å². The molecule has 0 unspecified atom stereocenters. The van der Waals surface area contributed by atoms with Gasteiger partial charge in [-0.05, 0) is 23.8 Å². The van der Waals surface area contributed by atoms with E-state index in [0.717, 1.165) is 6.08 Å². The normalized spacial score (nSPS) is 10.1. The second-order valence-electron chi connectivity index (χ2n) is 3.13. The predicted molar refractivity (Wildman–Crippen MR) is 62.7 cm³/mol. The van der Waals surface area contributed by atoms with Gasteiger partial charge in [0.25, 0.3) is 0 Å². The molecular formula is C12H12O6. The van der Waals surface area contributed by atoms with Crippen molar-refractivity contribution in [2.24, 2.45) is 0 Å². The highest BCUT2D eigenvalue weighted by atomic mass is 16.7. The first-order valence-corrected chi connectivity index (χ1v) is 4.91. The second-order valence-corrected chi connectivity index (χ2v) is 3.13. The lowest BCUT2D eigenvalue weighted by atomic mass is 10.2. The second kappa shape index (κ2) is 6.29. The molecule has 0 aliphatic heterocycles. The molecule has 1 aromatic rings. The number of benzene rings is 1. The molecule has 0 aliphatic rings. The highest BCUT2D eigenvalue weighted by Crippen LogP contribution is 2.27. The van der Waals surface area contributed by atoms with Gasteiger partial charge in [-0.15, -0.1) is 0 Å². The zero-order valence-corrected chi connectivity index (χ0v) is 9.88. The molecule has 0 amide bonds. The maximum absolute atomic E-state index is 11.0. The number of carbonyl (C=O) groups excluding carboxylic acids is 1. The van der Waals surface area contributed by atoms with Crippen molar-refractivity contribution in [2.45, 2.75) is 0 Å². The van der Waals surface area contributed by atoms with Crippen LogP contribution in [0.25, 0.3) is 6.08 Å². The molecule has 0 radical (unpaired) electrons. The first-order valence-electron chi connectivity index (χ1n) is 4.91. The Morgan fingerprint density at radius 1 is 1.17 bits per heavy atom. The molecular weight excluding hydrogens is 240 g/mol. The molecule has 0 saturated carbocycles. The van der Waals surface area contributed by atoms with Crippen LogP contribution in [0, 0.1) is 0 Å². The minimum Gasteiger partial charge on any atom is -0.493 e. The fourth-order valence-corrected chi connectivity index (χ4v) is 1.24. The van der Waals surface area contributed by atoms with Gasteiger partial charge < -0.3 is 19.3 Å². The van der Waals surface area contributed by atoms with E-state index >= 15 is 0 Å². The summed E-state index contributed by atoms with van der Waals surface area (Å²) in [5.74, 6) is 0.103. The lowest BCUT2D eigenvalue weighted by molar-refractivity contribution is -0.133. The number of esters is 1. The van der Waals surface area contributed by atoms with Crippen molar-refractivity contribution in [1.29, 1.82) is 0 Å². The number of hydrogen-bond donors (Lipinski definition) is 1. The largest absolute Gasteiger partial charge is 0.513 e. The Morgan fingerprint density at radius 2 is 1.83 bits per heavy atom. The Labute approximate surface area is 103 Å². The fraction of sp³-hybridized carbons (Fsp3) is 0.167. The molecule has 0 aromatic heterocycles. The number of carbonyl (C=O) groups is 2. The van der Waals surface area contributed by atoms with Crippen molar-refractivity contribution in [2.75, 3.05) is 14.2 Å². The van der Waals surface area contributed by atoms with E-state index in [0.29, 0.717) is 17.1 Å². The summed E-state index contributed by atoms with van der Waals surface area (Å²) in [5, 5.41) is 8.22. The van der Waals surface area contributed by atoms with Crippen LogP contribution in [-0.4, -0.2) is 31.5 Å². The number of rotatable bonds is 4. The van der Waals surface area contributed by atoms with Gasteiger partial charge in [0.15, 0.2) is 11.5 Å². The van der Waals surface area contributed by atoms with Gasteiger partial charge in [-0.1, -0.05) is 6.07 Å². The van der Waals surface area contributed by atoms with Gasteiger partial charge in [-0.2, -0.15) is 0 Å². The Bertz CT molecular complexity index is 477. The Kier molecular flexibility index (Phi) is 4.74. The molecule has 1 rings (SSSR count). The monoisotopic (exact) mass is 252 g/mol. The molecule has 6 heteroatoms. The Morgan fingerprint density at radius 3 is 2.39 bits per heavy atom. The van der Waals surface area contributed by atoms with Gasteiger partial charge in [-0.3, -0.25) is 0 Å². The van der Waals surface area contributed by atoms with Gasteiger partial charge in [0.2, 0.25) is 0 Å². The van der Waals surface area contributed by atoms with Crippen LogP contribution < -0.4 is 9.47 Å². The average Bonchev–Trinajstić information content (AvgIpc) is 2.35. The standard InChI is InChI=1S/C12H12O6/c1-16-9-5-3-8(7-10(9)17-2)4-6-11(13)18-12(14)15/h3-7H,1-2H3,(H,14,15)/b6-4-. The summed E-state index contributed by atoms with van der Waals surface area (Å²) in [6.07, 6.45) is 0.778. The van der Waals surface area contributed by atoms with Gasteiger partial charge in [0.1, 0.15) is 0 Å². The maximum Gasteiger partial charge on any atom is 0.513 e. The Balaban J connectivity index is 2.82. The first-order chi connectivity index (χ1) is 8.56. The van der Waals surface area contributed by atoms with Crippen LogP contribution in [0.15, 0.2) is 24.3 Å². The van der Waals surface area contributed by atoms with E-state index in [4.69, 9.17) is 14.6 Å². The summed E-state index contributed by atoms with van der Waals surface area (Å²) in [6, 6.07) is 5.00. The van der Waals surface area contributed by atoms with Gasteiger partial charge in [0, 0.05) is 6.08 Å². The minimum absolute atomic E-state index is 0.506. The van der Waals surface area contributed by atoms with Crippen LogP contribution in [0.5, 0.6) is 11.5 Å². The number of carboxylic acid groups (broad SMARTS) is 1. The first kappa shape index (κ1) is 13.6. The summed E-state index contributed by atoms with van der Waals surface area (Å²) >= 11 is 0. The number of hydrogen-bond acceptors (Lipinski definition) is 5. The van der Waals surface area contributed by atoms with E-state index in [1.54, 1.807) is 18.2 Å². The van der Waals surface area contributed by atoms with Crippen LogP contribution in [0.2, 0.25) is 0 Å². The molecule has 0 spiro atoms. The molecule has 18 heavy (non-hydrogen) atoms. The molecule has 0 saturated heterocycles. The molecule has 0 atom stereocenters. The lowest BCUT2D eigenvalue weighted by Crippen LogP contribution is -2.06. The molecule has 6 nitrogen and oxygen atoms in total. The highest BCUT2D eigenvalue weighted by Gasteiger charge is 2.05. The number of ether oxygens (including phenoxy) is 3. The van der Waals surface area contributed by atoms with Gasteiger partial charge in [0.05, 0.1) is 14.2 Å². The van der Waals surface area contributed by atoms with Crippen LogP contribution in [-0.2, 0) is 9.53 Å². The zero-order chi connectivity index (χ0) is 13.5. The van der Waals surface area contributed by atoms with E-state index in [1.165, 1.54) is 20.3 Å². The van der Waals surface area contributed by atoms with E-state index in [1.807, 2.05) is 0 Å². The third-order valence-electron chi connectivity index (χ3n) is 2.01. The van der Waals surface area contributed by atoms with Crippen LogP contribution in [0.1, 0.15) is 5.56 Å². The highest BCUT2D eigenvalue weighted by molar-refractivity contribution is 5.92. The minimum atomic E-state index is -1.64. The summed E-state index contributed by atoms with van der Waals surface area (Å²) in [7, 11) is 3.00. The molecule has 0 heterocycles. The maximum atomic E-state index is 11.0. The van der Waals surface area contributed by atoms with Crippen molar-refractivity contribution in [3.05, 3.63) is 29.8 Å². The number of methoxy groups -OCH3 is 2. The van der Waals surface area contributed by atoms with Crippen molar-refractivity contribution in [3.8, 4) is 11.5 Å². The SMILES string of the molecule is COc1ccc(/C=C\C(=O)OC(=O)O)cc1OC. The van der Waals surface area contributed by atoms with E-state index in [9.17, 15) is 9.59 Å². The van der Waals surface area contributed by atoms with Crippen LogP contribution in [0.3, 0.4) is 0 Å². The van der Waals surface area contributed by atoms with Crippen molar-refractivity contribution in [3.63, 3.8) is 0 Å². The van der Waals surface area contributed by atoms with Crippen molar-refractivity contribution in [1.82, 2.24) is 0 Å². The quantitative estimate of drug-likeness (QED) is 0.501. The molecule has 0 bridgehead atoms. The fourth-order valence-electron chi connectivity index (χ4n) is 1.24. The van der Waals surface area contributed by atoms with Gasteiger partial charge in [-0.25, -0.2) is 9.59 Å². The third kappa shape index (κ3) is 3.82. The predicted octanol–water partition coefficient (Wildman–Crippen LogP) is 1.94. The topological polar surface area (TPSA) is 82.1 Å². The molecule has 96 valence electrons. The van der Waals surface area contributed by atoms with Crippen LogP contribution >= 0.6 is 0 Å². The third-order valence-corrected chi connectivity index (χ3v) is 2.01. The molecule has 0 aliphatic carbocycles. The van der Waals surface area contributed by atoms with E-state index < -0.39 is 12.1 Å². The summed E-state index contributed by atoms with van der Waals surface area (Å²) in [5.41, 5.74) is 0.648. The molecule has 1 aromatic carbocycles. The van der Waals surface area contributed by atoms with E-state index in [-0.39, 0.29) is 0 Å². The van der Waals surface area contributed by atoms with Crippen molar-refractivity contribution < 1.29 is 28.9 Å². The zero-order valence-electron chi connectivity index (χ0n) is 9.88. The van der Waals surface area contributed by atoms with Gasteiger partial charge >= 0.3 is 12.1 Å². The summed E-state index contributed by atoms with van der Waals surface area (Å²) in [4.78, 5) is 21.1. The molecule has 0 fully saturated rings. The average molecular weight is 252 g/mol. The van der Waals surface area contributed by atoms with Crippen LogP contribution in [0.4, 0.5) is 4.79 Å². The summed E-state index contributed by atoms with van der Waals surface area (Å²) in [6.45, 7) is 0. The van der Waals surface area contributed by atoms with Crippen molar-refractivity contribution >= 4 is 18.2 Å². The molecule has 1 N–H and O–H groups in total.